The van der Waals surface area contributed by atoms with Gasteiger partial charge in [-0.15, -0.1) is 11.3 Å². The summed E-state index contributed by atoms with van der Waals surface area (Å²) in [5.74, 6) is 0.0586. The Bertz CT molecular complexity index is 333. The van der Waals surface area contributed by atoms with Crippen LogP contribution >= 0.6 is 11.3 Å². The van der Waals surface area contributed by atoms with Gasteiger partial charge in [-0.05, 0) is 7.05 Å². The molecule has 7 heteroatoms. The van der Waals surface area contributed by atoms with Crippen molar-refractivity contribution in [1.29, 1.82) is 0 Å². The molecule has 1 aromatic rings. The molecule has 74 valence electrons. The molecule has 0 fully saturated rings. The van der Waals surface area contributed by atoms with Gasteiger partial charge in [0.1, 0.15) is 0 Å². The average molecular weight is 221 g/mol. The topological polar surface area (TPSA) is 71.1 Å². The third-order valence-electron chi connectivity index (χ3n) is 1.39. The standard InChI is InChI=1S/C6H11N3O2S2/c1-7-13(10,11)5-3-9-6-8-2-4-12-6/h2,4,7H,3,5H2,1H3,(H,8,9). The molecule has 1 aromatic heterocycles. The van der Waals surface area contributed by atoms with E-state index in [1.807, 2.05) is 5.38 Å². The van der Waals surface area contributed by atoms with E-state index in [0.717, 1.165) is 5.13 Å². The Morgan fingerprint density at radius 1 is 1.62 bits per heavy atom. The summed E-state index contributed by atoms with van der Waals surface area (Å²) in [6.07, 6.45) is 1.67. The van der Waals surface area contributed by atoms with E-state index in [9.17, 15) is 8.42 Å². The van der Waals surface area contributed by atoms with Crippen molar-refractivity contribution in [3.05, 3.63) is 11.6 Å². The SMILES string of the molecule is CNS(=O)(=O)CCNc1nccs1. The van der Waals surface area contributed by atoms with Crippen molar-refractivity contribution in [3.63, 3.8) is 0 Å². The van der Waals surface area contributed by atoms with E-state index in [0.29, 0.717) is 6.54 Å². The number of hydrogen-bond acceptors (Lipinski definition) is 5. The summed E-state index contributed by atoms with van der Waals surface area (Å²) in [5.41, 5.74) is 0. The number of sulfonamides is 1. The first kappa shape index (κ1) is 10.4. The largest absolute Gasteiger partial charge is 0.360 e. The van der Waals surface area contributed by atoms with Gasteiger partial charge in [-0.2, -0.15) is 0 Å². The summed E-state index contributed by atoms with van der Waals surface area (Å²) in [6.45, 7) is 0.372. The van der Waals surface area contributed by atoms with Crippen molar-refractivity contribution in [2.24, 2.45) is 0 Å². The second kappa shape index (κ2) is 4.54. The zero-order valence-corrected chi connectivity index (χ0v) is 8.78. The quantitative estimate of drug-likeness (QED) is 0.740. The summed E-state index contributed by atoms with van der Waals surface area (Å²) in [7, 11) is -1.71. The Balaban J connectivity index is 2.30. The third-order valence-corrected chi connectivity index (χ3v) is 3.48. The monoisotopic (exact) mass is 221 g/mol. The van der Waals surface area contributed by atoms with Gasteiger partial charge in [-0.3, -0.25) is 0 Å². The van der Waals surface area contributed by atoms with E-state index in [1.165, 1.54) is 18.4 Å². The lowest BCUT2D eigenvalue weighted by molar-refractivity contribution is 0.588. The first-order valence-electron chi connectivity index (χ1n) is 3.68. The lowest BCUT2D eigenvalue weighted by atomic mass is 10.7. The van der Waals surface area contributed by atoms with Gasteiger partial charge >= 0.3 is 0 Å². The van der Waals surface area contributed by atoms with Crippen molar-refractivity contribution in [2.75, 3.05) is 24.7 Å². The number of rotatable bonds is 5. The zero-order valence-electron chi connectivity index (χ0n) is 7.15. The first-order valence-corrected chi connectivity index (χ1v) is 6.22. The van der Waals surface area contributed by atoms with Crippen molar-refractivity contribution in [3.8, 4) is 0 Å². The van der Waals surface area contributed by atoms with Crippen LogP contribution in [-0.4, -0.2) is 32.7 Å². The van der Waals surface area contributed by atoms with Crippen LogP contribution in [0.2, 0.25) is 0 Å². The Morgan fingerprint density at radius 2 is 2.38 bits per heavy atom. The predicted octanol–water partition coefficient (Wildman–Crippen LogP) is 0.104. The number of aromatic nitrogens is 1. The van der Waals surface area contributed by atoms with Crippen molar-refractivity contribution < 1.29 is 8.42 Å². The molecule has 0 saturated carbocycles. The molecule has 0 aliphatic rings. The molecule has 0 atom stereocenters. The number of thiazole rings is 1. The van der Waals surface area contributed by atoms with Gasteiger partial charge in [0.15, 0.2) is 5.13 Å². The highest BCUT2D eigenvalue weighted by atomic mass is 32.2. The number of hydrogen-bond donors (Lipinski definition) is 2. The van der Waals surface area contributed by atoms with Crippen LogP contribution in [0.15, 0.2) is 11.6 Å². The van der Waals surface area contributed by atoms with E-state index < -0.39 is 10.0 Å². The lowest BCUT2D eigenvalue weighted by Gasteiger charge is -2.02. The van der Waals surface area contributed by atoms with Crippen LogP contribution in [0, 0.1) is 0 Å². The first-order chi connectivity index (χ1) is 6.14. The van der Waals surface area contributed by atoms with Crippen LogP contribution in [0.3, 0.4) is 0 Å². The van der Waals surface area contributed by atoms with Gasteiger partial charge in [-0.1, -0.05) is 0 Å². The molecule has 0 unspecified atom stereocenters. The van der Waals surface area contributed by atoms with Crippen LogP contribution in [-0.2, 0) is 10.0 Å². The highest BCUT2D eigenvalue weighted by Crippen LogP contribution is 2.09. The molecule has 0 aromatic carbocycles. The van der Waals surface area contributed by atoms with Crippen molar-refractivity contribution in [2.45, 2.75) is 0 Å². The molecular formula is C6H11N3O2S2. The maximum absolute atomic E-state index is 11.0. The molecule has 0 radical (unpaired) electrons. The van der Waals surface area contributed by atoms with Crippen LogP contribution in [0.1, 0.15) is 0 Å². The third kappa shape index (κ3) is 3.71. The summed E-state index contributed by atoms with van der Waals surface area (Å²) in [5, 5.41) is 5.47. The van der Waals surface area contributed by atoms with Gasteiger partial charge in [0, 0.05) is 18.1 Å². The van der Waals surface area contributed by atoms with Crippen LogP contribution < -0.4 is 10.0 Å². The van der Waals surface area contributed by atoms with Crippen molar-refractivity contribution in [1.82, 2.24) is 9.71 Å². The van der Waals surface area contributed by atoms with Crippen molar-refractivity contribution >= 4 is 26.5 Å². The lowest BCUT2D eigenvalue weighted by Crippen LogP contribution is -2.26. The Morgan fingerprint density at radius 3 is 2.92 bits per heavy atom. The van der Waals surface area contributed by atoms with Crippen LogP contribution in [0.5, 0.6) is 0 Å². The molecule has 0 aliphatic carbocycles. The fourth-order valence-corrected chi connectivity index (χ4v) is 1.84. The molecule has 0 saturated heterocycles. The van der Waals surface area contributed by atoms with E-state index >= 15 is 0 Å². The molecule has 1 heterocycles. The molecule has 0 spiro atoms. The number of nitrogens with one attached hydrogen (secondary N) is 2. The minimum atomic E-state index is -3.11. The fourth-order valence-electron chi connectivity index (χ4n) is 0.705. The molecule has 2 N–H and O–H groups in total. The molecule has 13 heavy (non-hydrogen) atoms. The minimum absolute atomic E-state index is 0.0586. The zero-order chi connectivity index (χ0) is 9.73. The molecule has 0 amide bonds. The minimum Gasteiger partial charge on any atom is -0.360 e. The molecule has 5 nitrogen and oxygen atoms in total. The van der Waals surface area contributed by atoms with Gasteiger partial charge in [0.25, 0.3) is 0 Å². The average Bonchev–Trinajstić information content (AvgIpc) is 2.57. The van der Waals surface area contributed by atoms with Gasteiger partial charge in [-0.25, -0.2) is 18.1 Å². The normalized spacial score (nSPS) is 11.5. The maximum atomic E-state index is 11.0. The van der Waals surface area contributed by atoms with Crippen LogP contribution in [0.4, 0.5) is 5.13 Å². The van der Waals surface area contributed by atoms with E-state index in [1.54, 1.807) is 6.20 Å². The molecule has 0 aliphatic heterocycles. The summed E-state index contributed by atoms with van der Waals surface area (Å²) in [6, 6.07) is 0. The second-order valence-corrected chi connectivity index (χ2v) is 5.23. The highest BCUT2D eigenvalue weighted by Gasteiger charge is 2.05. The maximum Gasteiger partial charge on any atom is 0.213 e. The second-order valence-electron chi connectivity index (χ2n) is 2.29. The van der Waals surface area contributed by atoms with Gasteiger partial charge in [0.05, 0.1) is 5.75 Å². The van der Waals surface area contributed by atoms with E-state index in [4.69, 9.17) is 0 Å². The van der Waals surface area contributed by atoms with Crippen LogP contribution in [0.25, 0.3) is 0 Å². The Hall–Kier alpha value is -0.660. The smallest absolute Gasteiger partial charge is 0.213 e. The molecule has 0 bridgehead atoms. The van der Waals surface area contributed by atoms with Gasteiger partial charge < -0.3 is 5.32 Å². The summed E-state index contributed by atoms with van der Waals surface area (Å²) < 4.78 is 24.2. The Kier molecular flexibility index (Phi) is 3.64. The Labute approximate surface area is 81.2 Å². The molecular weight excluding hydrogens is 210 g/mol. The van der Waals surface area contributed by atoms with E-state index in [2.05, 4.69) is 15.0 Å². The van der Waals surface area contributed by atoms with Gasteiger partial charge in [0.2, 0.25) is 10.0 Å². The molecule has 1 rings (SSSR count). The fraction of sp³-hybridized carbons (Fsp3) is 0.500. The number of anilines is 1. The summed E-state index contributed by atoms with van der Waals surface area (Å²) >= 11 is 1.44. The number of nitrogens with zero attached hydrogens (tertiary/aromatic N) is 1. The highest BCUT2D eigenvalue weighted by molar-refractivity contribution is 7.89. The summed E-state index contributed by atoms with van der Waals surface area (Å²) in [4.78, 5) is 3.95. The predicted molar refractivity (Wildman–Crippen MR) is 53.5 cm³/mol. The van der Waals surface area contributed by atoms with E-state index in [-0.39, 0.29) is 5.75 Å².